The van der Waals surface area contributed by atoms with E-state index in [-0.39, 0.29) is 0 Å². The first-order valence-corrected chi connectivity index (χ1v) is 8.02. The zero-order valence-corrected chi connectivity index (χ0v) is 13.4. The van der Waals surface area contributed by atoms with Crippen molar-refractivity contribution >= 4 is 33.5 Å². The molecule has 0 aliphatic heterocycles. The lowest BCUT2D eigenvalue weighted by atomic mass is 10.2. The van der Waals surface area contributed by atoms with E-state index in [1.165, 1.54) is 4.90 Å². The molecule has 1 aromatic carbocycles. The number of hydrogen-bond donors (Lipinski definition) is 1. The van der Waals surface area contributed by atoms with E-state index < -0.39 is 0 Å². The van der Waals surface area contributed by atoms with Gasteiger partial charge >= 0.3 is 0 Å². The van der Waals surface area contributed by atoms with Crippen LogP contribution in [0.2, 0.25) is 0 Å². The maximum atomic E-state index is 4.53. The van der Waals surface area contributed by atoms with Crippen LogP contribution in [0.4, 0.5) is 5.82 Å². The zero-order chi connectivity index (χ0) is 13.7. The summed E-state index contributed by atoms with van der Waals surface area (Å²) in [7, 11) is 0. The van der Waals surface area contributed by atoms with E-state index in [2.05, 4.69) is 62.4 Å². The van der Waals surface area contributed by atoms with Crippen LogP contribution in [0.25, 0.3) is 11.4 Å². The highest BCUT2D eigenvalue weighted by Gasteiger charge is 2.06. The van der Waals surface area contributed by atoms with E-state index in [4.69, 9.17) is 0 Å². The molecule has 5 heteroatoms. The van der Waals surface area contributed by atoms with E-state index >= 15 is 0 Å². The van der Waals surface area contributed by atoms with Crippen LogP contribution >= 0.6 is 27.7 Å². The van der Waals surface area contributed by atoms with Gasteiger partial charge in [0.2, 0.25) is 0 Å². The molecule has 0 amide bonds. The fourth-order valence-corrected chi connectivity index (χ4v) is 2.66. The lowest BCUT2D eigenvalue weighted by Gasteiger charge is -2.07. The minimum atomic E-state index is 0.743. The van der Waals surface area contributed by atoms with E-state index in [9.17, 15) is 0 Å². The van der Waals surface area contributed by atoms with Gasteiger partial charge in [-0.3, -0.25) is 0 Å². The summed E-state index contributed by atoms with van der Waals surface area (Å²) in [6, 6.07) is 8.36. The number of nitrogens with zero attached hydrogens (tertiary/aromatic N) is 2. The minimum absolute atomic E-state index is 0.743. The van der Waals surface area contributed by atoms with Gasteiger partial charge in [0.25, 0.3) is 0 Å². The second-order valence-electron chi connectivity index (χ2n) is 3.88. The van der Waals surface area contributed by atoms with Crippen LogP contribution in [0.1, 0.15) is 13.8 Å². The number of halogens is 1. The van der Waals surface area contributed by atoms with Crippen LogP contribution in [-0.4, -0.2) is 22.3 Å². The Balaban J connectivity index is 2.28. The smallest absolute Gasteiger partial charge is 0.161 e. The minimum Gasteiger partial charge on any atom is -0.369 e. The van der Waals surface area contributed by atoms with E-state index in [1.54, 1.807) is 6.20 Å². The molecule has 0 aliphatic rings. The fraction of sp³-hybridized carbons (Fsp3) is 0.286. The number of thioether (sulfide) groups is 1. The third-order valence-electron chi connectivity index (χ3n) is 2.51. The molecule has 1 aromatic heterocycles. The fourth-order valence-electron chi connectivity index (χ4n) is 1.66. The van der Waals surface area contributed by atoms with Crippen molar-refractivity contribution in [2.45, 2.75) is 18.7 Å². The molecule has 0 saturated carbocycles. The van der Waals surface area contributed by atoms with Crippen molar-refractivity contribution in [3.05, 3.63) is 34.9 Å². The van der Waals surface area contributed by atoms with Crippen molar-refractivity contribution < 1.29 is 0 Å². The molecule has 0 aliphatic carbocycles. The van der Waals surface area contributed by atoms with Gasteiger partial charge in [-0.2, -0.15) is 0 Å². The molecule has 0 unspecified atom stereocenters. The Bertz CT molecular complexity index is 543. The van der Waals surface area contributed by atoms with Crippen molar-refractivity contribution in [1.82, 2.24) is 9.97 Å². The summed E-state index contributed by atoms with van der Waals surface area (Å²) >= 11 is 5.28. The molecule has 100 valence electrons. The summed E-state index contributed by atoms with van der Waals surface area (Å²) < 4.78 is 0.885. The maximum absolute atomic E-state index is 4.53. The molecule has 0 atom stereocenters. The molecule has 1 heterocycles. The second kappa shape index (κ2) is 6.91. The molecule has 0 spiro atoms. The predicted octanol–water partition coefficient (Wildman–Crippen LogP) is 4.45. The Morgan fingerprint density at radius 1 is 1.21 bits per heavy atom. The molecule has 3 nitrogen and oxygen atoms in total. The molecule has 0 fully saturated rings. The number of rotatable bonds is 5. The first-order valence-electron chi connectivity index (χ1n) is 6.24. The van der Waals surface area contributed by atoms with Gasteiger partial charge in [0, 0.05) is 23.2 Å². The molecule has 0 bridgehead atoms. The summed E-state index contributed by atoms with van der Waals surface area (Å²) in [5, 5.41) is 3.22. The topological polar surface area (TPSA) is 37.8 Å². The van der Waals surface area contributed by atoms with Gasteiger partial charge in [0.15, 0.2) is 5.82 Å². The molecule has 2 aromatic rings. The highest BCUT2D eigenvalue weighted by Crippen LogP contribution is 2.25. The van der Waals surface area contributed by atoms with E-state index in [0.717, 1.165) is 34.0 Å². The quantitative estimate of drug-likeness (QED) is 0.818. The van der Waals surface area contributed by atoms with Crippen molar-refractivity contribution in [1.29, 1.82) is 0 Å². The summed E-state index contributed by atoms with van der Waals surface area (Å²) in [6.45, 7) is 5.03. The zero-order valence-electron chi connectivity index (χ0n) is 11.0. The average Bonchev–Trinajstić information content (AvgIpc) is 2.43. The van der Waals surface area contributed by atoms with Crippen LogP contribution in [-0.2, 0) is 0 Å². The number of aromatic nitrogens is 2. The largest absolute Gasteiger partial charge is 0.369 e. The second-order valence-corrected chi connectivity index (χ2v) is 6.07. The third-order valence-corrected chi connectivity index (χ3v) is 3.99. The van der Waals surface area contributed by atoms with Crippen molar-refractivity contribution in [2.75, 3.05) is 17.6 Å². The highest BCUT2D eigenvalue weighted by atomic mass is 79.9. The molecular weight excluding hydrogens is 322 g/mol. The highest BCUT2D eigenvalue weighted by molar-refractivity contribution is 9.10. The van der Waals surface area contributed by atoms with Gasteiger partial charge < -0.3 is 5.32 Å². The molecule has 1 N–H and O–H groups in total. The van der Waals surface area contributed by atoms with Crippen LogP contribution in [0, 0.1) is 0 Å². The number of nitrogens with one attached hydrogen (secondary N) is 1. The number of anilines is 1. The van der Waals surface area contributed by atoms with Gasteiger partial charge in [0.1, 0.15) is 5.82 Å². The van der Waals surface area contributed by atoms with E-state index in [1.807, 2.05) is 18.7 Å². The van der Waals surface area contributed by atoms with Gasteiger partial charge in [0.05, 0.1) is 4.47 Å². The first-order chi connectivity index (χ1) is 9.24. The van der Waals surface area contributed by atoms with Crippen LogP contribution in [0.5, 0.6) is 0 Å². The number of hydrogen-bond acceptors (Lipinski definition) is 4. The Hall–Kier alpha value is -1.07. The lowest BCUT2D eigenvalue weighted by Crippen LogP contribution is -2.02. The Morgan fingerprint density at radius 3 is 2.58 bits per heavy atom. The summed E-state index contributed by atoms with van der Waals surface area (Å²) in [5.41, 5.74) is 1.03. The SMILES string of the molecule is CCNc1nc(-c2ccc(SCC)cc2)ncc1Br. The molecule has 0 radical (unpaired) electrons. The first kappa shape index (κ1) is 14.3. The molecule has 0 saturated heterocycles. The van der Waals surface area contributed by atoms with Gasteiger partial charge in [-0.05, 0) is 40.7 Å². The molecular formula is C14H16BrN3S. The van der Waals surface area contributed by atoms with Crippen molar-refractivity contribution in [3.63, 3.8) is 0 Å². The molecule has 2 rings (SSSR count). The van der Waals surface area contributed by atoms with Gasteiger partial charge in [-0.1, -0.05) is 19.1 Å². The normalized spacial score (nSPS) is 10.5. The van der Waals surface area contributed by atoms with E-state index in [0.29, 0.717) is 0 Å². The Morgan fingerprint density at radius 2 is 1.95 bits per heavy atom. The average molecular weight is 338 g/mol. The van der Waals surface area contributed by atoms with Crippen molar-refractivity contribution in [3.8, 4) is 11.4 Å². The van der Waals surface area contributed by atoms with Crippen LogP contribution in [0.3, 0.4) is 0 Å². The lowest BCUT2D eigenvalue weighted by molar-refractivity contribution is 1.10. The Labute approximate surface area is 126 Å². The van der Waals surface area contributed by atoms with Crippen LogP contribution < -0.4 is 5.32 Å². The summed E-state index contributed by atoms with van der Waals surface area (Å²) in [5.74, 6) is 2.66. The summed E-state index contributed by atoms with van der Waals surface area (Å²) in [4.78, 5) is 10.2. The Kier molecular flexibility index (Phi) is 5.22. The van der Waals surface area contributed by atoms with Gasteiger partial charge in [-0.25, -0.2) is 9.97 Å². The predicted molar refractivity (Wildman–Crippen MR) is 85.7 cm³/mol. The number of benzene rings is 1. The van der Waals surface area contributed by atoms with Gasteiger partial charge in [-0.15, -0.1) is 11.8 Å². The monoisotopic (exact) mass is 337 g/mol. The third kappa shape index (κ3) is 3.70. The van der Waals surface area contributed by atoms with Crippen LogP contribution in [0.15, 0.2) is 39.8 Å². The standard InChI is InChI=1S/C14H16BrN3S/c1-3-16-14-12(15)9-17-13(18-14)10-5-7-11(8-6-10)19-4-2/h5-9H,3-4H2,1-2H3,(H,16,17,18). The van der Waals surface area contributed by atoms with Crippen molar-refractivity contribution in [2.24, 2.45) is 0 Å². The summed E-state index contributed by atoms with van der Waals surface area (Å²) in [6.07, 6.45) is 1.79. The maximum Gasteiger partial charge on any atom is 0.161 e. The molecule has 19 heavy (non-hydrogen) atoms.